The third-order valence-corrected chi connectivity index (χ3v) is 3.39. The summed E-state index contributed by atoms with van der Waals surface area (Å²) in [5.41, 5.74) is 1.46. The molecule has 0 aliphatic carbocycles. The molecular weight excluding hydrogens is 319 g/mol. The molecule has 4 nitrogen and oxygen atoms in total. The number of carbonyl (C=O) groups excluding carboxylic acids is 2. The first kappa shape index (κ1) is 17.0. The molecule has 0 unspecified atom stereocenters. The van der Waals surface area contributed by atoms with Gasteiger partial charge < -0.3 is 10.6 Å². The summed E-state index contributed by atoms with van der Waals surface area (Å²) < 4.78 is 13.0. The van der Waals surface area contributed by atoms with E-state index in [2.05, 4.69) is 10.6 Å². The second kappa shape index (κ2) is 8.29. The molecule has 0 saturated carbocycles. The summed E-state index contributed by atoms with van der Waals surface area (Å²) in [6.07, 6.45) is 0.394. The highest BCUT2D eigenvalue weighted by Crippen LogP contribution is 2.19. The van der Waals surface area contributed by atoms with Crippen LogP contribution in [0.4, 0.5) is 10.1 Å². The van der Waals surface area contributed by atoms with Crippen molar-refractivity contribution in [3.63, 3.8) is 0 Å². The van der Waals surface area contributed by atoms with E-state index < -0.39 is 11.7 Å². The van der Waals surface area contributed by atoms with Crippen LogP contribution in [0.5, 0.6) is 0 Å². The molecule has 0 atom stereocenters. The maximum Gasteiger partial charge on any atom is 0.233 e. The lowest BCUT2D eigenvalue weighted by atomic mass is 10.1. The molecule has 2 rings (SSSR count). The van der Waals surface area contributed by atoms with Crippen LogP contribution in [0, 0.1) is 5.82 Å². The largest absolute Gasteiger partial charge is 0.355 e. The van der Waals surface area contributed by atoms with Gasteiger partial charge in [-0.1, -0.05) is 41.9 Å². The molecule has 2 amide bonds. The van der Waals surface area contributed by atoms with Crippen molar-refractivity contribution in [3.05, 3.63) is 64.9 Å². The van der Waals surface area contributed by atoms with Gasteiger partial charge in [0.15, 0.2) is 0 Å². The van der Waals surface area contributed by atoms with Gasteiger partial charge in [0.25, 0.3) is 0 Å². The molecule has 0 spiro atoms. The Morgan fingerprint density at radius 3 is 2.48 bits per heavy atom. The molecule has 23 heavy (non-hydrogen) atoms. The smallest absolute Gasteiger partial charge is 0.233 e. The number of rotatable bonds is 6. The number of hydrogen-bond acceptors (Lipinski definition) is 2. The average Bonchev–Trinajstić information content (AvgIpc) is 2.52. The SMILES string of the molecule is O=C(CC(=O)Nc1ccc(F)c(Cl)c1)NCCc1ccccc1. The van der Waals surface area contributed by atoms with Crippen LogP contribution < -0.4 is 10.6 Å². The minimum Gasteiger partial charge on any atom is -0.355 e. The maximum absolute atomic E-state index is 13.0. The topological polar surface area (TPSA) is 58.2 Å². The van der Waals surface area contributed by atoms with Crippen molar-refractivity contribution in [1.29, 1.82) is 0 Å². The molecule has 0 saturated heterocycles. The predicted molar refractivity (Wildman–Crippen MR) is 87.8 cm³/mol. The summed E-state index contributed by atoms with van der Waals surface area (Å²) in [4.78, 5) is 23.4. The minimum atomic E-state index is -0.566. The first-order valence-corrected chi connectivity index (χ1v) is 7.48. The molecule has 0 bridgehead atoms. The zero-order chi connectivity index (χ0) is 16.7. The highest BCUT2D eigenvalue weighted by molar-refractivity contribution is 6.31. The Labute approximate surface area is 138 Å². The van der Waals surface area contributed by atoms with Gasteiger partial charge in [0, 0.05) is 12.2 Å². The second-order valence-corrected chi connectivity index (χ2v) is 5.35. The lowest BCUT2D eigenvalue weighted by Crippen LogP contribution is -2.29. The third kappa shape index (κ3) is 5.71. The fourth-order valence-corrected chi connectivity index (χ4v) is 2.16. The summed E-state index contributed by atoms with van der Waals surface area (Å²) in [7, 11) is 0. The lowest BCUT2D eigenvalue weighted by molar-refractivity contribution is -0.126. The van der Waals surface area contributed by atoms with E-state index in [1.807, 2.05) is 30.3 Å². The quantitative estimate of drug-likeness (QED) is 0.797. The maximum atomic E-state index is 13.0. The molecule has 2 aromatic carbocycles. The summed E-state index contributed by atoms with van der Waals surface area (Å²) in [5.74, 6) is -1.42. The lowest BCUT2D eigenvalue weighted by Gasteiger charge is -2.07. The van der Waals surface area contributed by atoms with Gasteiger partial charge in [-0.05, 0) is 30.2 Å². The van der Waals surface area contributed by atoms with Crippen molar-refractivity contribution in [2.24, 2.45) is 0 Å². The van der Waals surface area contributed by atoms with Crippen LogP contribution in [0.2, 0.25) is 5.02 Å². The fourth-order valence-electron chi connectivity index (χ4n) is 1.98. The monoisotopic (exact) mass is 334 g/mol. The van der Waals surface area contributed by atoms with Crippen molar-refractivity contribution < 1.29 is 14.0 Å². The van der Waals surface area contributed by atoms with Crippen molar-refractivity contribution in [2.75, 3.05) is 11.9 Å². The average molecular weight is 335 g/mol. The summed E-state index contributed by atoms with van der Waals surface area (Å²) >= 11 is 5.62. The van der Waals surface area contributed by atoms with Crippen LogP contribution in [0.15, 0.2) is 48.5 Å². The van der Waals surface area contributed by atoms with Crippen LogP contribution in [-0.2, 0) is 16.0 Å². The first-order chi connectivity index (χ1) is 11.0. The summed E-state index contributed by atoms with van der Waals surface area (Å²) in [5, 5.41) is 5.09. The van der Waals surface area contributed by atoms with Crippen molar-refractivity contribution in [1.82, 2.24) is 5.32 Å². The Balaban J connectivity index is 1.74. The molecule has 6 heteroatoms. The van der Waals surface area contributed by atoms with Crippen LogP contribution in [0.25, 0.3) is 0 Å². The molecular formula is C17H16ClFN2O2. The van der Waals surface area contributed by atoms with E-state index in [0.29, 0.717) is 18.7 Å². The van der Waals surface area contributed by atoms with Crippen LogP contribution in [-0.4, -0.2) is 18.4 Å². The molecule has 0 aliphatic heterocycles. The Kier molecular flexibility index (Phi) is 6.11. The van der Waals surface area contributed by atoms with Gasteiger partial charge in [-0.15, -0.1) is 0 Å². The number of carbonyl (C=O) groups is 2. The van der Waals surface area contributed by atoms with Gasteiger partial charge in [0.1, 0.15) is 12.2 Å². The van der Waals surface area contributed by atoms with E-state index in [1.165, 1.54) is 12.1 Å². The fraction of sp³-hybridized carbons (Fsp3) is 0.176. The standard InChI is InChI=1S/C17H16ClFN2O2/c18-14-10-13(6-7-15(14)19)21-17(23)11-16(22)20-9-8-12-4-2-1-3-5-12/h1-7,10H,8-9,11H2,(H,20,22)(H,21,23). The highest BCUT2D eigenvalue weighted by Gasteiger charge is 2.10. The van der Waals surface area contributed by atoms with Gasteiger partial charge in [0.05, 0.1) is 5.02 Å². The van der Waals surface area contributed by atoms with Crippen LogP contribution in [0.3, 0.4) is 0 Å². The zero-order valence-corrected chi connectivity index (χ0v) is 13.1. The number of nitrogens with one attached hydrogen (secondary N) is 2. The summed E-state index contributed by atoms with van der Waals surface area (Å²) in [6, 6.07) is 13.5. The van der Waals surface area contributed by atoms with E-state index >= 15 is 0 Å². The van der Waals surface area contributed by atoms with Crippen molar-refractivity contribution in [3.8, 4) is 0 Å². The van der Waals surface area contributed by atoms with Gasteiger partial charge in [0.2, 0.25) is 11.8 Å². The second-order valence-electron chi connectivity index (χ2n) is 4.94. The predicted octanol–water partition coefficient (Wildman–Crippen LogP) is 3.17. The first-order valence-electron chi connectivity index (χ1n) is 7.10. The molecule has 0 aromatic heterocycles. The van der Waals surface area contributed by atoms with Gasteiger partial charge in [-0.25, -0.2) is 4.39 Å². The van der Waals surface area contributed by atoms with E-state index in [-0.39, 0.29) is 17.4 Å². The zero-order valence-electron chi connectivity index (χ0n) is 12.3. The third-order valence-electron chi connectivity index (χ3n) is 3.10. The number of benzene rings is 2. The number of anilines is 1. The Morgan fingerprint density at radius 2 is 1.78 bits per heavy atom. The van der Waals surface area contributed by atoms with Gasteiger partial charge >= 0.3 is 0 Å². The Hall–Kier alpha value is -2.40. The highest BCUT2D eigenvalue weighted by atomic mass is 35.5. The van der Waals surface area contributed by atoms with Crippen molar-refractivity contribution >= 4 is 29.1 Å². The molecule has 0 radical (unpaired) electrons. The van der Waals surface area contributed by atoms with Gasteiger partial charge in [-0.3, -0.25) is 9.59 Å². The van der Waals surface area contributed by atoms with Crippen molar-refractivity contribution in [2.45, 2.75) is 12.8 Å². The van der Waals surface area contributed by atoms with Crippen LogP contribution >= 0.6 is 11.6 Å². The van der Waals surface area contributed by atoms with E-state index in [4.69, 9.17) is 11.6 Å². The molecule has 0 aliphatic rings. The van der Waals surface area contributed by atoms with Gasteiger partial charge in [-0.2, -0.15) is 0 Å². The summed E-state index contributed by atoms with van der Waals surface area (Å²) in [6.45, 7) is 0.457. The molecule has 0 fully saturated rings. The number of hydrogen-bond donors (Lipinski definition) is 2. The van der Waals surface area contributed by atoms with E-state index in [1.54, 1.807) is 0 Å². The molecule has 2 aromatic rings. The Morgan fingerprint density at radius 1 is 1.04 bits per heavy atom. The van der Waals surface area contributed by atoms with Crippen LogP contribution in [0.1, 0.15) is 12.0 Å². The molecule has 0 heterocycles. The molecule has 2 N–H and O–H groups in total. The Bertz CT molecular complexity index is 692. The minimum absolute atomic E-state index is 0.0879. The number of halogens is 2. The van der Waals surface area contributed by atoms with E-state index in [0.717, 1.165) is 11.6 Å². The molecule has 120 valence electrons. The van der Waals surface area contributed by atoms with E-state index in [9.17, 15) is 14.0 Å². The normalized spacial score (nSPS) is 10.2. The number of amides is 2.